The molecule has 2 aliphatic heterocycles. The van der Waals surface area contributed by atoms with Crippen molar-refractivity contribution in [3.63, 3.8) is 0 Å². The molecule has 0 spiro atoms. The molecule has 1 N–H and O–H groups in total. The molecule has 8 nitrogen and oxygen atoms in total. The van der Waals surface area contributed by atoms with Crippen LogP contribution in [0.2, 0.25) is 0 Å². The zero-order valence-electron chi connectivity index (χ0n) is 20.2. The summed E-state index contributed by atoms with van der Waals surface area (Å²) in [5.41, 5.74) is 1.11. The van der Waals surface area contributed by atoms with E-state index in [1.165, 1.54) is 45.6 Å². The SMILES string of the molecule is C[C@@H]1CN(S(=O)(=O)c2ccc(NC(=O)CCN3C(=O)/C(=C/c4ccc(F)cc4)SC3=S)cc2)C[C@H](C)O1. The largest absolute Gasteiger partial charge is 0.373 e. The van der Waals surface area contributed by atoms with Crippen LogP contribution in [0.15, 0.2) is 58.3 Å². The molecule has 2 atom stereocenters. The summed E-state index contributed by atoms with van der Waals surface area (Å²) in [4.78, 5) is 27.1. The Morgan fingerprint density at radius 1 is 1.14 bits per heavy atom. The Kier molecular flexibility index (Phi) is 8.44. The van der Waals surface area contributed by atoms with Gasteiger partial charge in [0.2, 0.25) is 15.9 Å². The van der Waals surface area contributed by atoms with E-state index in [1.807, 2.05) is 13.8 Å². The maximum Gasteiger partial charge on any atom is 0.266 e. The summed E-state index contributed by atoms with van der Waals surface area (Å²) in [7, 11) is -3.68. The second kappa shape index (κ2) is 11.4. The predicted octanol–water partition coefficient (Wildman–Crippen LogP) is 3.85. The average Bonchev–Trinajstić information content (AvgIpc) is 3.11. The van der Waals surface area contributed by atoms with E-state index in [1.54, 1.807) is 18.2 Å². The predicted molar refractivity (Wildman–Crippen MR) is 145 cm³/mol. The molecule has 2 heterocycles. The van der Waals surface area contributed by atoms with Crippen molar-refractivity contribution in [3.8, 4) is 0 Å². The lowest BCUT2D eigenvalue weighted by molar-refractivity contribution is -0.122. The highest BCUT2D eigenvalue weighted by atomic mass is 32.2. The summed E-state index contributed by atoms with van der Waals surface area (Å²) >= 11 is 6.42. The number of benzene rings is 2. The standard InChI is InChI=1S/C25H26FN3O5S3/c1-16-14-28(15-17(2)34-16)37(32,33)21-9-7-20(8-10-21)27-23(30)11-12-29-24(31)22(36-25(29)35)13-18-3-5-19(26)6-4-18/h3-10,13,16-17H,11-12,14-15H2,1-2H3,(H,27,30)/b22-13-/t16-,17+. The topological polar surface area (TPSA) is 96.0 Å². The van der Waals surface area contributed by atoms with Crippen LogP contribution >= 0.6 is 24.0 Å². The van der Waals surface area contributed by atoms with Gasteiger partial charge in [0.05, 0.1) is 22.0 Å². The van der Waals surface area contributed by atoms with Crippen LogP contribution in [0.3, 0.4) is 0 Å². The fourth-order valence-electron chi connectivity index (χ4n) is 4.03. The van der Waals surface area contributed by atoms with Crippen LogP contribution in [0.1, 0.15) is 25.8 Å². The zero-order valence-corrected chi connectivity index (χ0v) is 22.7. The number of morpholine rings is 1. The van der Waals surface area contributed by atoms with Crippen molar-refractivity contribution in [2.24, 2.45) is 0 Å². The van der Waals surface area contributed by atoms with Crippen LogP contribution in [0.4, 0.5) is 10.1 Å². The van der Waals surface area contributed by atoms with E-state index in [2.05, 4.69) is 5.32 Å². The fraction of sp³-hybridized carbons (Fsp3) is 0.320. The van der Waals surface area contributed by atoms with Crippen molar-refractivity contribution in [1.29, 1.82) is 0 Å². The second-order valence-electron chi connectivity index (χ2n) is 8.79. The van der Waals surface area contributed by atoms with E-state index >= 15 is 0 Å². The monoisotopic (exact) mass is 563 g/mol. The van der Waals surface area contributed by atoms with Gasteiger partial charge in [0.25, 0.3) is 5.91 Å². The first-order valence-corrected chi connectivity index (χ1v) is 14.3. The number of nitrogens with one attached hydrogen (secondary N) is 1. The summed E-state index contributed by atoms with van der Waals surface area (Å²) in [6.45, 7) is 4.32. The van der Waals surface area contributed by atoms with Crippen LogP contribution in [0, 0.1) is 5.82 Å². The average molecular weight is 564 g/mol. The Hall–Kier alpha value is -2.64. The van der Waals surface area contributed by atoms with Gasteiger partial charge in [-0.1, -0.05) is 36.1 Å². The second-order valence-corrected chi connectivity index (χ2v) is 12.4. The molecule has 0 aromatic heterocycles. The fourth-order valence-corrected chi connectivity index (χ4v) is 6.93. The number of carbonyl (C=O) groups is 2. The summed E-state index contributed by atoms with van der Waals surface area (Å²) in [6.07, 6.45) is 1.24. The first kappa shape index (κ1) is 27.4. The molecular formula is C25H26FN3O5S3. The number of halogens is 1. The van der Waals surface area contributed by atoms with Crippen LogP contribution in [-0.2, 0) is 24.3 Å². The molecule has 0 aliphatic carbocycles. The van der Waals surface area contributed by atoms with Gasteiger partial charge in [-0.2, -0.15) is 4.31 Å². The minimum atomic E-state index is -3.68. The number of rotatable bonds is 7. The Labute approximate surface area is 224 Å². The van der Waals surface area contributed by atoms with E-state index in [4.69, 9.17) is 17.0 Å². The molecule has 196 valence electrons. The van der Waals surface area contributed by atoms with Crippen molar-refractivity contribution in [3.05, 3.63) is 64.8 Å². The number of amides is 2. The Bertz CT molecular complexity index is 1320. The molecule has 2 aromatic carbocycles. The first-order valence-electron chi connectivity index (χ1n) is 11.6. The number of nitrogens with zero attached hydrogens (tertiary/aromatic N) is 2. The molecule has 4 rings (SSSR count). The van der Waals surface area contributed by atoms with E-state index in [9.17, 15) is 22.4 Å². The minimum absolute atomic E-state index is 0.000126. The number of anilines is 1. The van der Waals surface area contributed by atoms with Gasteiger partial charge in [0.1, 0.15) is 10.1 Å². The summed E-state index contributed by atoms with van der Waals surface area (Å²) in [5.74, 6) is -1.02. The third-order valence-corrected chi connectivity index (χ3v) is 8.99. The quantitative estimate of drug-likeness (QED) is 0.404. The number of thiocarbonyl (C=S) groups is 1. The van der Waals surface area contributed by atoms with E-state index < -0.39 is 10.0 Å². The number of hydrogen-bond acceptors (Lipinski definition) is 7. The molecule has 0 bridgehead atoms. The third kappa shape index (κ3) is 6.63. The molecule has 2 aromatic rings. The molecular weight excluding hydrogens is 537 g/mol. The molecule has 2 amide bonds. The van der Waals surface area contributed by atoms with Gasteiger partial charge >= 0.3 is 0 Å². The molecule has 2 aliphatic rings. The van der Waals surface area contributed by atoms with Crippen molar-refractivity contribution < 1.29 is 27.1 Å². The van der Waals surface area contributed by atoms with Gasteiger partial charge < -0.3 is 10.1 Å². The number of hydrogen-bond donors (Lipinski definition) is 1. The molecule has 37 heavy (non-hydrogen) atoms. The molecule has 12 heteroatoms. The van der Waals surface area contributed by atoms with Crippen molar-refractivity contribution >= 4 is 61.9 Å². The summed E-state index contributed by atoms with van der Waals surface area (Å²) in [6, 6.07) is 11.7. The van der Waals surface area contributed by atoms with Gasteiger partial charge in [-0.15, -0.1) is 0 Å². The Balaban J connectivity index is 1.33. The maximum atomic E-state index is 13.1. The molecule has 2 saturated heterocycles. The number of ether oxygens (including phenoxy) is 1. The van der Waals surface area contributed by atoms with Gasteiger partial charge in [0, 0.05) is 31.7 Å². The Morgan fingerprint density at radius 3 is 2.38 bits per heavy atom. The third-order valence-electron chi connectivity index (χ3n) is 5.77. The lowest BCUT2D eigenvalue weighted by Gasteiger charge is -2.34. The van der Waals surface area contributed by atoms with E-state index in [-0.39, 0.29) is 60.8 Å². The van der Waals surface area contributed by atoms with E-state index in [0.29, 0.717) is 20.5 Å². The van der Waals surface area contributed by atoms with Crippen molar-refractivity contribution in [1.82, 2.24) is 9.21 Å². The number of carbonyl (C=O) groups excluding carboxylic acids is 2. The lowest BCUT2D eigenvalue weighted by atomic mass is 10.2. The molecule has 0 unspecified atom stereocenters. The van der Waals surface area contributed by atoms with Crippen LogP contribution < -0.4 is 5.32 Å². The molecule has 0 saturated carbocycles. The van der Waals surface area contributed by atoms with Gasteiger partial charge in [-0.25, -0.2) is 12.8 Å². The molecule has 0 radical (unpaired) electrons. The highest BCUT2D eigenvalue weighted by Crippen LogP contribution is 2.32. The molecule has 2 fully saturated rings. The smallest absolute Gasteiger partial charge is 0.266 e. The van der Waals surface area contributed by atoms with Crippen LogP contribution in [0.25, 0.3) is 6.08 Å². The zero-order chi connectivity index (χ0) is 26.7. The highest BCUT2D eigenvalue weighted by Gasteiger charge is 2.33. The normalized spacial score (nSPS) is 22.0. The van der Waals surface area contributed by atoms with Crippen molar-refractivity contribution in [2.45, 2.75) is 37.4 Å². The van der Waals surface area contributed by atoms with Crippen LogP contribution in [0.5, 0.6) is 0 Å². The maximum absolute atomic E-state index is 13.1. The summed E-state index contributed by atoms with van der Waals surface area (Å²) < 4.78 is 46.5. The van der Waals surface area contributed by atoms with Crippen molar-refractivity contribution in [2.75, 3.05) is 25.0 Å². The van der Waals surface area contributed by atoms with Gasteiger partial charge in [-0.05, 0) is 61.9 Å². The highest BCUT2D eigenvalue weighted by molar-refractivity contribution is 8.26. The summed E-state index contributed by atoms with van der Waals surface area (Å²) in [5, 5.41) is 2.72. The van der Waals surface area contributed by atoms with Crippen LogP contribution in [-0.4, -0.2) is 65.6 Å². The van der Waals surface area contributed by atoms with E-state index in [0.717, 1.165) is 11.8 Å². The number of thioether (sulfide) groups is 1. The minimum Gasteiger partial charge on any atom is -0.373 e. The number of sulfonamides is 1. The first-order chi connectivity index (χ1) is 17.5. The Morgan fingerprint density at radius 2 is 1.76 bits per heavy atom. The van der Waals surface area contributed by atoms with Gasteiger partial charge in [-0.3, -0.25) is 14.5 Å². The van der Waals surface area contributed by atoms with Gasteiger partial charge in [0.15, 0.2) is 0 Å². The lowest BCUT2D eigenvalue weighted by Crippen LogP contribution is -2.48.